The highest BCUT2D eigenvalue weighted by molar-refractivity contribution is 7.89. The molecule has 4 saturated heterocycles. The molecule has 1 amide bonds. The predicted molar refractivity (Wildman–Crippen MR) is 137 cm³/mol. The number of H-pyrrole nitrogens is 1. The number of sulfonamides is 1. The maximum atomic E-state index is 13.8. The van der Waals surface area contributed by atoms with Crippen LogP contribution in [0.2, 0.25) is 0 Å². The molecule has 0 spiro atoms. The fraction of sp³-hybridized carbons (Fsp3) is 0.444. The van der Waals surface area contributed by atoms with Gasteiger partial charge in [0.2, 0.25) is 15.9 Å². The first-order chi connectivity index (χ1) is 17.5. The van der Waals surface area contributed by atoms with Crippen LogP contribution in [-0.2, 0) is 19.6 Å². The van der Waals surface area contributed by atoms with Crippen LogP contribution in [0.4, 0.5) is 5.69 Å². The second-order valence-electron chi connectivity index (χ2n) is 10.4. The predicted octanol–water partition coefficient (Wildman–Crippen LogP) is 3.20. The van der Waals surface area contributed by atoms with Crippen LogP contribution in [0.1, 0.15) is 25.7 Å². The Hall–Kier alpha value is -2.88. The molecule has 2 bridgehead atoms. The van der Waals surface area contributed by atoms with Crippen molar-refractivity contribution in [2.45, 2.75) is 48.8 Å². The van der Waals surface area contributed by atoms with Gasteiger partial charge >= 0.3 is 0 Å². The number of nitrogens with zero attached hydrogens (tertiary/aromatic N) is 3. The summed E-state index contributed by atoms with van der Waals surface area (Å²) in [6.45, 7) is 3.42. The fourth-order valence-corrected chi connectivity index (χ4v) is 7.89. The Morgan fingerprint density at radius 1 is 1.03 bits per heavy atom. The minimum absolute atomic E-state index is 0.0786. The number of aromatic nitrogens is 1. The van der Waals surface area contributed by atoms with Gasteiger partial charge in [-0.3, -0.25) is 4.79 Å². The number of nitrogens with one attached hydrogen (secondary N) is 1. The van der Waals surface area contributed by atoms with Gasteiger partial charge in [0, 0.05) is 54.0 Å². The van der Waals surface area contributed by atoms with Crippen molar-refractivity contribution < 1.29 is 17.9 Å². The average molecular weight is 507 g/mol. The van der Waals surface area contributed by atoms with Crippen LogP contribution in [0.5, 0.6) is 0 Å². The monoisotopic (exact) mass is 506 g/mol. The number of amides is 1. The average Bonchev–Trinajstić information content (AvgIpc) is 3.66. The van der Waals surface area contributed by atoms with Crippen LogP contribution in [0, 0.1) is 0 Å². The van der Waals surface area contributed by atoms with Gasteiger partial charge in [0.15, 0.2) is 0 Å². The molecule has 9 heteroatoms. The number of rotatable bonds is 5. The third-order valence-electron chi connectivity index (χ3n) is 8.28. The molecule has 0 saturated carbocycles. The number of morpholine rings is 1. The van der Waals surface area contributed by atoms with Crippen LogP contribution in [0.15, 0.2) is 53.4 Å². The van der Waals surface area contributed by atoms with E-state index >= 15 is 0 Å². The Bertz CT molecular complexity index is 1410. The molecule has 0 aliphatic carbocycles. The van der Waals surface area contributed by atoms with E-state index in [0.717, 1.165) is 60.2 Å². The summed E-state index contributed by atoms with van der Waals surface area (Å²) in [4.78, 5) is 21.2. The molecule has 7 rings (SSSR count). The van der Waals surface area contributed by atoms with E-state index < -0.39 is 16.1 Å². The molecule has 3 unspecified atom stereocenters. The molecule has 8 nitrogen and oxygen atoms in total. The van der Waals surface area contributed by atoms with Crippen molar-refractivity contribution in [2.24, 2.45) is 0 Å². The molecule has 2 aromatic carbocycles. The summed E-state index contributed by atoms with van der Waals surface area (Å²) in [5.41, 5.74) is 3.85. The minimum Gasteiger partial charge on any atom is -0.374 e. The highest BCUT2D eigenvalue weighted by atomic mass is 32.2. The standard InChI is InChI=1S/C27H30N4O4S/c32-27(30-16-20-14-19(30)17-35-20)26-9-12-31(26)36(33,34)21-7-8-25(29-10-3-4-11-29)22(15-21)24-13-18-5-1-2-6-23(18)28-24/h1-2,5-8,13,15,19-20,26,28H,3-4,9-12,14,16-17H2. The van der Waals surface area contributed by atoms with Crippen LogP contribution >= 0.6 is 0 Å². The smallest absolute Gasteiger partial charge is 0.243 e. The number of hydrogen-bond acceptors (Lipinski definition) is 5. The number of carbonyl (C=O) groups excluding carboxylic acids is 1. The van der Waals surface area contributed by atoms with Crippen molar-refractivity contribution in [3.8, 4) is 11.3 Å². The molecule has 0 radical (unpaired) electrons. The van der Waals surface area contributed by atoms with E-state index in [1.54, 1.807) is 12.1 Å². The van der Waals surface area contributed by atoms with Crippen LogP contribution < -0.4 is 4.90 Å². The van der Waals surface area contributed by atoms with Crippen molar-refractivity contribution in [1.82, 2.24) is 14.2 Å². The summed E-state index contributed by atoms with van der Waals surface area (Å²) in [5.74, 6) is -0.0786. The largest absolute Gasteiger partial charge is 0.374 e. The number of carbonyl (C=O) groups is 1. The number of fused-ring (bicyclic) bond motifs is 3. The zero-order chi connectivity index (χ0) is 24.4. The van der Waals surface area contributed by atoms with Gasteiger partial charge in [-0.2, -0.15) is 4.31 Å². The molecular formula is C27H30N4O4S. The second-order valence-corrected chi connectivity index (χ2v) is 12.3. The van der Waals surface area contributed by atoms with E-state index in [1.165, 1.54) is 4.31 Å². The van der Waals surface area contributed by atoms with E-state index in [0.29, 0.717) is 26.1 Å². The summed E-state index contributed by atoms with van der Waals surface area (Å²) in [5, 5.41) is 1.09. The van der Waals surface area contributed by atoms with Crippen LogP contribution in [0.25, 0.3) is 22.2 Å². The van der Waals surface area contributed by atoms with Crippen LogP contribution in [-0.4, -0.2) is 79.5 Å². The number of ether oxygens (including phenoxy) is 1. The molecule has 4 aliphatic heterocycles. The molecule has 3 atom stereocenters. The zero-order valence-corrected chi connectivity index (χ0v) is 20.9. The quantitative estimate of drug-likeness (QED) is 0.575. The van der Waals surface area contributed by atoms with Gasteiger partial charge in [0.05, 0.1) is 23.6 Å². The normalized spacial score (nSPS) is 26.2. The number of para-hydroxylation sites is 1. The summed E-state index contributed by atoms with van der Waals surface area (Å²) < 4.78 is 34.6. The molecule has 5 heterocycles. The van der Waals surface area contributed by atoms with Crippen molar-refractivity contribution in [2.75, 3.05) is 37.7 Å². The molecule has 1 N–H and O–H groups in total. The molecule has 4 aliphatic rings. The van der Waals surface area contributed by atoms with E-state index in [4.69, 9.17) is 4.74 Å². The van der Waals surface area contributed by atoms with E-state index in [-0.39, 0.29) is 22.9 Å². The molecule has 36 heavy (non-hydrogen) atoms. The van der Waals surface area contributed by atoms with Gasteiger partial charge in [0.1, 0.15) is 6.04 Å². The first kappa shape index (κ1) is 22.3. The van der Waals surface area contributed by atoms with E-state index in [2.05, 4.69) is 22.0 Å². The fourth-order valence-electron chi connectivity index (χ4n) is 6.24. The number of anilines is 1. The summed E-state index contributed by atoms with van der Waals surface area (Å²) in [6.07, 6.45) is 3.78. The van der Waals surface area contributed by atoms with Gasteiger partial charge in [-0.05, 0) is 56.0 Å². The van der Waals surface area contributed by atoms with Crippen LogP contribution in [0.3, 0.4) is 0 Å². The number of aromatic amines is 1. The van der Waals surface area contributed by atoms with Gasteiger partial charge in [-0.15, -0.1) is 0 Å². The van der Waals surface area contributed by atoms with E-state index in [1.807, 2.05) is 29.2 Å². The molecular weight excluding hydrogens is 476 g/mol. The van der Waals surface area contributed by atoms with Gasteiger partial charge in [-0.25, -0.2) is 8.42 Å². The summed E-state index contributed by atoms with van der Waals surface area (Å²) in [6, 6.07) is 15.1. The Kier molecular flexibility index (Phi) is 5.16. The zero-order valence-electron chi connectivity index (χ0n) is 20.1. The third-order valence-corrected chi connectivity index (χ3v) is 10.2. The molecule has 3 aromatic rings. The third kappa shape index (κ3) is 3.48. The Morgan fingerprint density at radius 3 is 2.56 bits per heavy atom. The Balaban J connectivity index is 1.24. The molecule has 4 fully saturated rings. The maximum absolute atomic E-state index is 13.8. The number of benzene rings is 2. The van der Waals surface area contributed by atoms with Gasteiger partial charge in [-0.1, -0.05) is 18.2 Å². The number of likely N-dealkylation sites (tertiary alicyclic amines) is 1. The lowest BCUT2D eigenvalue weighted by molar-refractivity contribution is -0.142. The lowest BCUT2D eigenvalue weighted by atomic mass is 10.1. The van der Waals surface area contributed by atoms with Crippen molar-refractivity contribution >= 4 is 32.5 Å². The highest BCUT2D eigenvalue weighted by Crippen LogP contribution is 2.38. The Labute approximate surface area is 210 Å². The Morgan fingerprint density at radius 2 is 1.86 bits per heavy atom. The topological polar surface area (TPSA) is 86.0 Å². The first-order valence-corrected chi connectivity index (χ1v) is 14.3. The maximum Gasteiger partial charge on any atom is 0.243 e. The molecule has 188 valence electrons. The summed E-state index contributed by atoms with van der Waals surface area (Å²) >= 11 is 0. The van der Waals surface area contributed by atoms with Gasteiger partial charge < -0.3 is 19.5 Å². The van der Waals surface area contributed by atoms with Gasteiger partial charge in [0.25, 0.3) is 0 Å². The van der Waals surface area contributed by atoms with Crippen molar-refractivity contribution in [3.63, 3.8) is 0 Å². The van der Waals surface area contributed by atoms with E-state index in [9.17, 15) is 13.2 Å². The van der Waals surface area contributed by atoms with Crippen molar-refractivity contribution in [3.05, 3.63) is 48.5 Å². The highest BCUT2D eigenvalue weighted by Gasteiger charge is 2.49. The first-order valence-electron chi connectivity index (χ1n) is 12.9. The number of hydrogen-bond donors (Lipinski definition) is 1. The lowest BCUT2D eigenvalue weighted by Gasteiger charge is -2.41. The summed E-state index contributed by atoms with van der Waals surface area (Å²) in [7, 11) is -3.82. The second kappa shape index (κ2) is 8.33. The minimum atomic E-state index is -3.82. The lowest BCUT2D eigenvalue weighted by Crippen LogP contribution is -2.60. The van der Waals surface area contributed by atoms with Crippen molar-refractivity contribution in [1.29, 1.82) is 0 Å². The SMILES string of the molecule is O=C(C1CCN1S(=O)(=O)c1ccc(N2CCCC2)c(-c2cc3ccccc3[nH]2)c1)N1CC2CC1CO2. The molecule has 1 aromatic heterocycles.